The van der Waals surface area contributed by atoms with Gasteiger partial charge in [0.1, 0.15) is 5.69 Å². The Hall–Kier alpha value is -3.19. The number of aromatic nitrogens is 3. The number of carbonyl (C=O) groups is 1. The molecule has 130 valence electrons. The first-order valence-corrected chi connectivity index (χ1v) is 9.04. The number of nitrogens with zero attached hydrogens (tertiary/aromatic N) is 3. The molecule has 0 saturated carbocycles. The third kappa shape index (κ3) is 3.16. The number of hydrogen-bond acceptors (Lipinski definition) is 4. The van der Waals surface area contributed by atoms with Gasteiger partial charge in [0, 0.05) is 23.8 Å². The zero-order chi connectivity index (χ0) is 18.1. The highest BCUT2D eigenvalue weighted by Crippen LogP contribution is 2.23. The van der Waals surface area contributed by atoms with E-state index < -0.39 is 0 Å². The van der Waals surface area contributed by atoms with Crippen LogP contribution >= 0.6 is 11.3 Å². The molecule has 0 fully saturated rings. The Morgan fingerprint density at radius 1 is 1.23 bits per heavy atom. The number of benzene rings is 2. The van der Waals surface area contributed by atoms with Gasteiger partial charge in [-0.1, -0.05) is 12.1 Å². The third-order valence-electron chi connectivity index (χ3n) is 4.10. The van der Waals surface area contributed by atoms with Crippen LogP contribution in [0.5, 0.6) is 0 Å². The molecule has 7 heteroatoms. The maximum Gasteiger partial charge on any atom is 0.326 e. The molecule has 0 atom stereocenters. The van der Waals surface area contributed by atoms with Gasteiger partial charge in [0.05, 0.1) is 16.5 Å². The molecule has 2 amide bonds. The van der Waals surface area contributed by atoms with Crippen molar-refractivity contribution in [2.75, 3.05) is 17.3 Å². The second-order valence-electron chi connectivity index (χ2n) is 6.02. The van der Waals surface area contributed by atoms with Crippen LogP contribution < -0.4 is 10.2 Å². The van der Waals surface area contributed by atoms with Gasteiger partial charge in [-0.15, -0.1) is 11.3 Å². The Morgan fingerprint density at radius 3 is 2.88 bits per heavy atom. The summed E-state index contributed by atoms with van der Waals surface area (Å²) in [5.74, 6) is 0.724. The van der Waals surface area contributed by atoms with Crippen molar-refractivity contribution in [1.29, 1.82) is 0 Å². The lowest BCUT2D eigenvalue weighted by atomic mass is 10.2. The van der Waals surface area contributed by atoms with Crippen LogP contribution in [0.25, 0.3) is 22.6 Å². The van der Waals surface area contributed by atoms with Gasteiger partial charge in [-0.2, -0.15) is 0 Å². The zero-order valence-electron chi connectivity index (χ0n) is 14.4. The maximum atomic E-state index is 12.5. The Kier molecular flexibility index (Phi) is 4.14. The van der Waals surface area contributed by atoms with E-state index in [1.807, 2.05) is 54.8 Å². The number of carbonyl (C=O) groups excluding carboxylic acids is 1. The fourth-order valence-electron chi connectivity index (χ4n) is 2.70. The van der Waals surface area contributed by atoms with Gasteiger partial charge in [-0.25, -0.2) is 14.8 Å². The van der Waals surface area contributed by atoms with Crippen LogP contribution in [0.2, 0.25) is 0 Å². The quantitative estimate of drug-likeness (QED) is 0.556. The van der Waals surface area contributed by atoms with Gasteiger partial charge in [-0.05, 0) is 42.8 Å². The molecule has 2 heterocycles. The van der Waals surface area contributed by atoms with E-state index in [0.717, 1.165) is 33.8 Å². The van der Waals surface area contributed by atoms with Crippen LogP contribution in [-0.4, -0.2) is 28.0 Å². The normalized spacial score (nSPS) is 10.8. The number of imidazole rings is 1. The second kappa shape index (κ2) is 6.61. The summed E-state index contributed by atoms with van der Waals surface area (Å²) in [5.41, 5.74) is 6.93. The first-order valence-electron chi connectivity index (χ1n) is 8.10. The van der Waals surface area contributed by atoms with E-state index in [2.05, 4.69) is 20.3 Å². The molecule has 0 aliphatic carbocycles. The molecule has 2 aromatic carbocycles. The number of H-pyrrole nitrogens is 1. The van der Waals surface area contributed by atoms with E-state index in [1.54, 1.807) is 17.5 Å². The van der Waals surface area contributed by atoms with Crippen LogP contribution in [0.3, 0.4) is 0 Å². The van der Waals surface area contributed by atoms with Crippen molar-refractivity contribution in [3.8, 4) is 11.5 Å². The van der Waals surface area contributed by atoms with Gasteiger partial charge < -0.3 is 10.3 Å². The Labute approximate surface area is 154 Å². The number of fused-ring (bicyclic) bond motifs is 1. The Morgan fingerprint density at radius 2 is 2.12 bits per heavy atom. The molecule has 0 aliphatic rings. The summed E-state index contributed by atoms with van der Waals surface area (Å²) in [6.45, 7) is 2.00. The summed E-state index contributed by atoms with van der Waals surface area (Å²) >= 11 is 1.52. The monoisotopic (exact) mass is 363 g/mol. The maximum absolute atomic E-state index is 12.5. The second-order valence-corrected chi connectivity index (χ2v) is 6.74. The lowest BCUT2D eigenvalue weighted by molar-refractivity contribution is 0.258. The van der Waals surface area contributed by atoms with E-state index in [0.29, 0.717) is 5.69 Å². The van der Waals surface area contributed by atoms with Crippen LogP contribution in [0.4, 0.5) is 16.2 Å². The SMILES string of the molecule is Cc1cccc(N(C)C(=O)Nc2ccc3nc(-c4cscn4)[nH]c3c2)c1. The topological polar surface area (TPSA) is 73.9 Å². The standard InChI is InChI=1S/C19H17N5OS/c1-12-4-3-5-14(8-12)24(2)19(25)21-13-6-7-15-16(9-13)23-18(22-15)17-10-26-11-20-17/h3-11H,1-2H3,(H,21,25)(H,22,23). The molecule has 26 heavy (non-hydrogen) atoms. The van der Waals surface area contributed by atoms with Crippen molar-refractivity contribution in [2.24, 2.45) is 0 Å². The summed E-state index contributed by atoms with van der Waals surface area (Å²) in [5, 5.41) is 4.86. The largest absolute Gasteiger partial charge is 0.337 e. The number of anilines is 2. The number of aryl methyl sites for hydroxylation is 1. The van der Waals surface area contributed by atoms with Gasteiger partial charge in [-0.3, -0.25) is 4.90 Å². The van der Waals surface area contributed by atoms with Gasteiger partial charge in [0.15, 0.2) is 5.82 Å². The van der Waals surface area contributed by atoms with Crippen molar-refractivity contribution < 1.29 is 4.79 Å². The first kappa shape index (κ1) is 16.3. The van der Waals surface area contributed by atoms with Crippen molar-refractivity contribution >= 4 is 39.8 Å². The van der Waals surface area contributed by atoms with Crippen LogP contribution in [0.1, 0.15) is 5.56 Å². The molecule has 4 aromatic rings. The number of thiazole rings is 1. The number of rotatable bonds is 3. The van der Waals surface area contributed by atoms with E-state index in [1.165, 1.54) is 11.3 Å². The molecule has 4 rings (SSSR count). The summed E-state index contributed by atoms with van der Waals surface area (Å²) in [7, 11) is 1.75. The molecular weight excluding hydrogens is 346 g/mol. The molecule has 0 radical (unpaired) electrons. The zero-order valence-corrected chi connectivity index (χ0v) is 15.2. The van der Waals surface area contributed by atoms with Crippen LogP contribution in [0, 0.1) is 6.92 Å². The highest BCUT2D eigenvalue weighted by molar-refractivity contribution is 7.07. The van der Waals surface area contributed by atoms with E-state index >= 15 is 0 Å². The fraction of sp³-hybridized carbons (Fsp3) is 0.105. The van der Waals surface area contributed by atoms with Crippen molar-refractivity contribution in [3.63, 3.8) is 0 Å². The average molecular weight is 363 g/mol. The molecule has 2 aromatic heterocycles. The van der Waals surface area contributed by atoms with Crippen molar-refractivity contribution in [1.82, 2.24) is 15.0 Å². The minimum atomic E-state index is -0.200. The smallest absolute Gasteiger partial charge is 0.326 e. The highest BCUT2D eigenvalue weighted by Gasteiger charge is 2.12. The predicted octanol–water partition coefficient (Wildman–Crippen LogP) is 4.66. The molecule has 0 spiro atoms. The van der Waals surface area contributed by atoms with Gasteiger partial charge in [0.25, 0.3) is 0 Å². The Balaban J connectivity index is 1.56. The van der Waals surface area contributed by atoms with E-state index in [4.69, 9.17) is 0 Å². The summed E-state index contributed by atoms with van der Waals surface area (Å²) in [6.07, 6.45) is 0. The van der Waals surface area contributed by atoms with Crippen molar-refractivity contribution in [2.45, 2.75) is 6.92 Å². The molecule has 0 bridgehead atoms. The molecular formula is C19H17N5OS. The fourth-order valence-corrected chi connectivity index (χ4v) is 3.24. The lowest BCUT2D eigenvalue weighted by Gasteiger charge is -2.18. The molecule has 0 saturated heterocycles. The summed E-state index contributed by atoms with van der Waals surface area (Å²) < 4.78 is 0. The van der Waals surface area contributed by atoms with Crippen LogP contribution in [-0.2, 0) is 0 Å². The number of nitrogens with one attached hydrogen (secondary N) is 2. The minimum Gasteiger partial charge on any atom is -0.337 e. The van der Waals surface area contributed by atoms with Gasteiger partial charge in [0.2, 0.25) is 0 Å². The number of urea groups is 1. The number of aromatic amines is 1. The third-order valence-corrected chi connectivity index (χ3v) is 4.69. The van der Waals surface area contributed by atoms with E-state index in [-0.39, 0.29) is 6.03 Å². The average Bonchev–Trinajstić information content (AvgIpc) is 3.30. The summed E-state index contributed by atoms with van der Waals surface area (Å²) in [4.78, 5) is 26.2. The number of hydrogen-bond donors (Lipinski definition) is 2. The highest BCUT2D eigenvalue weighted by atomic mass is 32.1. The molecule has 0 unspecified atom stereocenters. The minimum absolute atomic E-state index is 0.200. The van der Waals surface area contributed by atoms with Crippen molar-refractivity contribution in [3.05, 3.63) is 58.9 Å². The molecule has 0 aliphatic heterocycles. The molecule has 6 nitrogen and oxygen atoms in total. The number of amides is 2. The molecule has 2 N–H and O–H groups in total. The van der Waals surface area contributed by atoms with E-state index in [9.17, 15) is 4.79 Å². The first-order chi connectivity index (χ1) is 12.6. The predicted molar refractivity (Wildman–Crippen MR) is 106 cm³/mol. The summed E-state index contributed by atoms with van der Waals surface area (Å²) in [6, 6.07) is 13.2. The van der Waals surface area contributed by atoms with Gasteiger partial charge >= 0.3 is 6.03 Å². The van der Waals surface area contributed by atoms with Crippen LogP contribution in [0.15, 0.2) is 53.4 Å². The lowest BCUT2D eigenvalue weighted by Crippen LogP contribution is -2.31. The Bertz CT molecular complexity index is 1070.